The summed E-state index contributed by atoms with van der Waals surface area (Å²) in [5.41, 5.74) is 10.8. The van der Waals surface area contributed by atoms with Crippen LogP contribution in [-0.2, 0) is 6.42 Å². The van der Waals surface area contributed by atoms with Gasteiger partial charge in [-0.15, -0.1) is 0 Å². The summed E-state index contributed by atoms with van der Waals surface area (Å²) in [5.74, 6) is -0.552. The number of fused-ring (bicyclic) bond motifs is 1. The number of benzene rings is 2. The highest BCUT2D eigenvalue weighted by atomic mass is 16.2. The Balaban J connectivity index is 1.80. The predicted molar refractivity (Wildman–Crippen MR) is 80.8 cm³/mol. The molecule has 0 atom stereocenters. The molecule has 0 N–H and O–H groups in total. The lowest BCUT2D eigenvalue weighted by atomic mass is 10.1. The zero-order valence-electron chi connectivity index (χ0n) is 11.6. The second-order valence-corrected chi connectivity index (χ2v) is 4.88. The van der Waals surface area contributed by atoms with Gasteiger partial charge in [0.05, 0.1) is 11.1 Å². The van der Waals surface area contributed by atoms with Crippen molar-refractivity contribution in [3.8, 4) is 0 Å². The molecule has 1 aliphatic rings. The molecule has 0 saturated carbocycles. The number of azide groups is 1. The van der Waals surface area contributed by atoms with Crippen LogP contribution in [0.3, 0.4) is 0 Å². The van der Waals surface area contributed by atoms with Crippen LogP contribution in [0.4, 0.5) is 5.69 Å². The SMILES string of the molecule is [N-]=[N+]=Nc1ccccc1CCN1C(=O)c2ccccc2C1=O. The van der Waals surface area contributed by atoms with Crippen molar-refractivity contribution in [1.82, 2.24) is 4.90 Å². The summed E-state index contributed by atoms with van der Waals surface area (Å²) in [4.78, 5) is 28.5. The molecular weight excluding hydrogens is 280 g/mol. The number of carbonyl (C=O) groups is 2. The van der Waals surface area contributed by atoms with Crippen LogP contribution in [0, 0.1) is 0 Å². The smallest absolute Gasteiger partial charge is 0.261 e. The number of hydrogen-bond donors (Lipinski definition) is 0. The summed E-state index contributed by atoms with van der Waals surface area (Å²) in [6.45, 7) is 0.254. The van der Waals surface area contributed by atoms with Crippen LogP contribution in [0.2, 0.25) is 0 Å². The van der Waals surface area contributed by atoms with Crippen molar-refractivity contribution in [1.29, 1.82) is 0 Å². The molecule has 2 aromatic rings. The zero-order valence-corrected chi connectivity index (χ0v) is 11.6. The maximum atomic E-state index is 12.3. The summed E-state index contributed by atoms with van der Waals surface area (Å²) in [5, 5.41) is 3.62. The van der Waals surface area contributed by atoms with Crippen LogP contribution in [0.15, 0.2) is 53.6 Å². The summed E-state index contributed by atoms with van der Waals surface area (Å²) in [7, 11) is 0. The summed E-state index contributed by atoms with van der Waals surface area (Å²) in [6, 6.07) is 13.9. The minimum absolute atomic E-state index is 0.254. The standard InChI is InChI=1S/C16H12N4O2/c17-19-18-14-8-4-1-5-11(14)9-10-20-15(21)12-6-2-3-7-13(12)16(20)22/h1-8H,9-10H2. The van der Waals surface area contributed by atoms with E-state index in [-0.39, 0.29) is 18.4 Å². The van der Waals surface area contributed by atoms with Gasteiger partial charge < -0.3 is 0 Å². The number of imide groups is 1. The second-order valence-electron chi connectivity index (χ2n) is 4.88. The highest BCUT2D eigenvalue weighted by molar-refractivity contribution is 6.21. The number of amides is 2. The molecule has 108 valence electrons. The van der Waals surface area contributed by atoms with E-state index in [4.69, 9.17) is 5.53 Å². The normalized spacial score (nSPS) is 13.0. The quantitative estimate of drug-likeness (QED) is 0.374. The zero-order chi connectivity index (χ0) is 15.5. The maximum Gasteiger partial charge on any atom is 0.261 e. The first kappa shape index (κ1) is 13.9. The molecule has 1 aliphatic heterocycles. The van der Waals surface area contributed by atoms with Crippen LogP contribution in [0.1, 0.15) is 26.3 Å². The van der Waals surface area contributed by atoms with Gasteiger partial charge in [-0.1, -0.05) is 41.5 Å². The van der Waals surface area contributed by atoms with Gasteiger partial charge in [0.15, 0.2) is 0 Å². The van der Waals surface area contributed by atoms with Crippen LogP contribution >= 0.6 is 0 Å². The lowest BCUT2D eigenvalue weighted by Gasteiger charge is -2.14. The Morgan fingerprint density at radius 1 is 0.955 bits per heavy atom. The monoisotopic (exact) mass is 292 g/mol. The summed E-state index contributed by atoms with van der Waals surface area (Å²) < 4.78 is 0. The highest BCUT2D eigenvalue weighted by Gasteiger charge is 2.34. The molecule has 2 aromatic carbocycles. The van der Waals surface area contributed by atoms with Crippen LogP contribution in [0.25, 0.3) is 10.4 Å². The van der Waals surface area contributed by atoms with Crippen molar-refractivity contribution in [2.24, 2.45) is 5.11 Å². The number of rotatable bonds is 4. The van der Waals surface area contributed by atoms with E-state index >= 15 is 0 Å². The molecule has 0 radical (unpaired) electrons. The van der Waals surface area contributed by atoms with E-state index in [0.29, 0.717) is 23.2 Å². The minimum atomic E-state index is -0.276. The van der Waals surface area contributed by atoms with E-state index in [1.165, 1.54) is 4.90 Å². The van der Waals surface area contributed by atoms with Crippen molar-refractivity contribution in [3.05, 3.63) is 75.7 Å². The molecular formula is C16H12N4O2. The number of hydrogen-bond acceptors (Lipinski definition) is 3. The van der Waals surface area contributed by atoms with E-state index in [2.05, 4.69) is 10.0 Å². The van der Waals surface area contributed by atoms with Gasteiger partial charge >= 0.3 is 0 Å². The van der Waals surface area contributed by atoms with E-state index in [9.17, 15) is 9.59 Å². The van der Waals surface area contributed by atoms with E-state index in [0.717, 1.165) is 5.56 Å². The predicted octanol–water partition coefficient (Wildman–Crippen LogP) is 3.47. The number of nitrogens with zero attached hydrogens (tertiary/aromatic N) is 4. The van der Waals surface area contributed by atoms with E-state index < -0.39 is 0 Å². The largest absolute Gasteiger partial charge is 0.274 e. The summed E-state index contributed by atoms with van der Waals surface area (Å²) in [6.07, 6.45) is 0.445. The molecule has 3 rings (SSSR count). The van der Waals surface area contributed by atoms with E-state index in [1.54, 1.807) is 36.4 Å². The molecule has 6 heteroatoms. The molecule has 0 spiro atoms. The maximum absolute atomic E-state index is 12.3. The van der Waals surface area contributed by atoms with Gasteiger partial charge in [-0.05, 0) is 29.6 Å². The Labute approximate surface area is 126 Å². The van der Waals surface area contributed by atoms with Gasteiger partial charge in [-0.25, -0.2) is 0 Å². The second kappa shape index (κ2) is 5.71. The molecule has 0 bridgehead atoms. The molecule has 0 saturated heterocycles. The van der Waals surface area contributed by atoms with Gasteiger partial charge in [-0.2, -0.15) is 0 Å². The van der Waals surface area contributed by atoms with Gasteiger partial charge in [0.25, 0.3) is 11.8 Å². The van der Waals surface area contributed by atoms with Crippen molar-refractivity contribution in [2.45, 2.75) is 6.42 Å². The lowest BCUT2D eigenvalue weighted by Crippen LogP contribution is -2.31. The Bertz CT molecular complexity index is 774. The Hall–Kier alpha value is -3.11. The lowest BCUT2D eigenvalue weighted by molar-refractivity contribution is 0.0656. The molecule has 6 nitrogen and oxygen atoms in total. The Kier molecular flexibility index (Phi) is 3.60. The molecule has 22 heavy (non-hydrogen) atoms. The third-order valence-corrected chi connectivity index (χ3v) is 3.63. The van der Waals surface area contributed by atoms with Crippen LogP contribution in [0.5, 0.6) is 0 Å². The van der Waals surface area contributed by atoms with Crippen molar-refractivity contribution in [3.63, 3.8) is 0 Å². The van der Waals surface area contributed by atoms with Gasteiger partial charge in [0, 0.05) is 17.1 Å². The molecule has 0 aliphatic carbocycles. The minimum Gasteiger partial charge on any atom is -0.274 e. The summed E-state index contributed by atoms with van der Waals surface area (Å²) >= 11 is 0. The average molecular weight is 292 g/mol. The average Bonchev–Trinajstić information content (AvgIpc) is 2.79. The first-order chi connectivity index (χ1) is 10.7. The highest BCUT2D eigenvalue weighted by Crippen LogP contribution is 2.24. The third-order valence-electron chi connectivity index (χ3n) is 3.63. The van der Waals surface area contributed by atoms with Crippen molar-refractivity contribution in [2.75, 3.05) is 6.54 Å². The fourth-order valence-corrected chi connectivity index (χ4v) is 2.54. The van der Waals surface area contributed by atoms with Gasteiger partial charge in [0.1, 0.15) is 0 Å². The van der Waals surface area contributed by atoms with Crippen molar-refractivity contribution < 1.29 is 9.59 Å². The Morgan fingerprint density at radius 3 is 2.18 bits per heavy atom. The van der Waals surface area contributed by atoms with Gasteiger partial charge in [0.2, 0.25) is 0 Å². The van der Waals surface area contributed by atoms with Crippen LogP contribution < -0.4 is 0 Å². The number of carbonyl (C=O) groups excluding carboxylic acids is 2. The van der Waals surface area contributed by atoms with Gasteiger partial charge in [-0.3, -0.25) is 14.5 Å². The Morgan fingerprint density at radius 2 is 1.55 bits per heavy atom. The first-order valence-corrected chi connectivity index (χ1v) is 6.80. The first-order valence-electron chi connectivity index (χ1n) is 6.80. The van der Waals surface area contributed by atoms with Crippen LogP contribution in [-0.4, -0.2) is 23.3 Å². The molecule has 0 unspecified atom stereocenters. The fraction of sp³-hybridized carbons (Fsp3) is 0.125. The molecule has 2 amide bonds. The third kappa shape index (κ3) is 2.32. The van der Waals surface area contributed by atoms with E-state index in [1.807, 2.05) is 12.1 Å². The fourth-order valence-electron chi connectivity index (χ4n) is 2.54. The molecule has 0 fully saturated rings. The van der Waals surface area contributed by atoms with Crippen molar-refractivity contribution >= 4 is 17.5 Å². The molecule has 1 heterocycles. The molecule has 0 aromatic heterocycles. The topological polar surface area (TPSA) is 86.1 Å².